The van der Waals surface area contributed by atoms with Gasteiger partial charge in [0.15, 0.2) is 0 Å². The number of carbonyl (C=O) groups excluding carboxylic acids is 1. The van der Waals surface area contributed by atoms with Crippen LogP contribution < -0.4 is 5.32 Å². The van der Waals surface area contributed by atoms with Crippen LogP contribution in [-0.2, 0) is 4.79 Å². The van der Waals surface area contributed by atoms with Gasteiger partial charge in [0, 0.05) is 11.8 Å². The number of hydrogen-bond acceptors (Lipinski definition) is 1. The average molecular weight is 418 g/mol. The van der Waals surface area contributed by atoms with Gasteiger partial charge in [-0.25, -0.2) is 0 Å². The second kappa shape index (κ2) is 24.0. The van der Waals surface area contributed by atoms with Crippen LogP contribution in [0.1, 0.15) is 136 Å². The third kappa shape index (κ3) is 23.0. The Morgan fingerprint density at radius 1 is 0.667 bits per heavy atom. The molecule has 0 aromatic heterocycles. The summed E-state index contributed by atoms with van der Waals surface area (Å²) in [5.41, 5.74) is 0.530. The number of amides is 1. The van der Waals surface area contributed by atoms with Crippen molar-refractivity contribution < 1.29 is 4.79 Å². The quantitative estimate of drug-likeness (QED) is 0.106. The standard InChI is InChI=1S/C28H51NO/c1-4-5-6-7-8-9-10-11-12-13-14-15-16-17-18-19-20-21-22-23-24-25-26-29-28(30)27(2)3/h23-26H,2,4-22H2,1,3H3,(H,29,30). The fourth-order valence-electron chi connectivity index (χ4n) is 3.64. The third-order valence-electron chi connectivity index (χ3n) is 5.67. The monoisotopic (exact) mass is 417 g/mol. The first-order valence-corrected chi connectivity index (χ1v) is 13.0. The maximum absolute atomic E-state index is 11.3. The van der Waals surface area contributed by atoms with E-state index in [1.807, 2.05) is 12.2 Å². The second-order valence-electron chi connectivity index (χ2n) is 8.84. The highest BCUT2D eigenvalue weighted by Crippen LogP contribution is 2.14. The first-order valence-electron chi connectivity index (χ1n) is 13.0. The SMILES string of the molecule is C=C(C)C(=O)NC=CC=CCCCCCCCCCCCCCCCCCCCC. The molecule has 0 bridgehead atoms. The van der Waals surface area contributed by atoms with Gasteiger partial charge in [0.2, 0.25) is 5.91 Å². The zero-order chi connectivity index (χ0) is 22.1. The van der Waals surface area contributed by atoms with Crippen LogP contribution in [0.4, 0.5) is 0 Å². The Bertz CT molecular complexity index is 450. The van der Waals surface area contributed by atoms with Gasteiger partial charge >= 0.3 is 0 Å². The van der Waals surface area contributed by atoms with Crippen molar-refractivity contribution in [1.82, 2.24) is 5.32 Å². The Kier molecular flexibility index (Phi) is 22.9. The molecule has 0 aliphatic rings. The molecule has 2 nitrogen and oxygen atoms in total. The molecule has 1 N–H and O–H groups in total. The number of unbranched alkanes of at least 4 members (excludes halogenated alkanes) is 18. The van der Waals surface area contributed by atoms with Crippen LogP contribution in [0, 0.1) is 0 Å². The predicted octanol–water partition coefficient (Wildman–Crippen LogP) is 9.18. The molecule has 0 aromatic carbocycles. The van der Waals surface area contributed by atoms with Gasteiger partial charge in [0.05, 0.1) is 0 Å². The molecule has 0 atom stereocenters. The molecule has 0 radical (unpaired) electrons. The van der Waals surface area contributed by atoms with E-state index in [1.54, 1.807) is 13.1 Å². The largest absolute Gasteiger partial charge is 0.329 e. The summed E-state index contributed by atoms with van der Waals surface area (Å²) in [6.07, 6.45) is 34.4. The van der Waals surface area contributed by atoms with Crippen LogP contribution in [0.5, 0.6) is 0 Å². The Labute approximate surface area is 188 Å². The summed E-state index contributed by atoms with van der Waals surface area (Å²) in [4.78, 5) is 11.3. The molecule has 0 saturated heterocycles. The summed E-state index contributed by atoms with van der Waals surface area (Å²) in [6.45, 7) is 7.60. The normalized spacial score (nSPS) is 11.5. The fourth-order valence-corrected chi connectivity index (χ4v) is 3.64. The third-order valence-corrected chi connectivity index (χ3v) is 5.67. The maximum Gasteiger partial charge on any atom is 0.250 e. The molecular weight excluding hydrogens is 366 g/mol. The zero-order valence-electron chi connectivity index (χ0n) is 20.4. The first kappa shape index (κ1) is 28.7. The molecule has 0 fully saturated rings. The van der Waals surface area contributed by atoms with Crippen molar-refractivity contribution in [3.8, 4) is 0 Å². The predicted molar refractivity (Wildman–Crippen MR) is 135 cm³/mol. The minimum absolute atomic E-state index is 0.122. The van der Waals surface area contributed by atoms with Gasteiger partial charge in [-0.3, -0.25) is 4.79 Å². The smallest absolute Gasteiger partial charge is 0.250 e. The van der Waals surface area contributed by atoms with Crippen molar-refractivity contribution in [3.05, 3.63) is 36.6 Å². The molecule has 0 rings (SSSR count). The van der Waals surface area contributed by atoms with E-state index in [0.717, 1.165) is 6.42 Å². The topological polar surface area (TPSA) is 29.1 Å². The average Bonchev–Trinajstić information content (AvgIpc) is 2.74. The van der Waals surface area contributed by atoms with Crippen LogP contribution in [0.15, 0.2) is 36.6 Å². The summed E-state index contributed by atoms with van der Waals surface area (Å²) < 4.78 is 0. The number of nitrogens with one attached hydrogen (secondary N) is 1. The van der Waals surface area contributed by atoms with Crippen molar-refractivity contribution in [2.75, 3.05) is 0 Å². The van der Waals surface area contributed by atoms with Gasteiger partial charge in [-0.05, 0) is 25.8 Å². The Morgan fingerprint density at radius 3 is 1.47 bits per heavy atom. The van der Waals surface area contributed by atoms with Gasteiger partial charge < -0.3 is 5.32 Å². The van der Waals surface area contributed by atoms with E-state index < -0.39 is 0 Å². The number of hydrogen-bond donors (Lipinski definition) is 1. The lowest BCUT2D eigenvalue weighted by molar-refractivity contribution is -0.116. The molecule has 2 heteroatoms. The molecule has 0 aliphatic carbocycles. The lowest BCUT2D eigenvalue weighted by Crippen LogP contribution is -2.16. The van der Waals surface area contributed by atoms with Crippen LogP contribution in [0.3, 0.4) is 0 Å². The van der Waals surface area contributed by atoms with Crippen molar-refractivity contribution in [3.63, 3.8) is 0 Å². The van der Waals surface area contributed by atoms with Crippen LogP contribution in [0.25, 0.3) is 0 Å². The van der Waals surface area contributed by atoms with Gasteiger partial charge in [-0.2, -0.15) is 0 Å². The molecule has 0 aromatic rings. The van der Waals surface area contributed by atoms with Crippen molar-refractivity contribution >= 4 is 5.91 Å². The van der Waals surface area contributed by atoms with Gasteiger partial charge in [0.25, 0.3) is 0 Å². The minimum Gasteiger partial charge on any atom is -0.329 e. The van der Waals surface area contributed by atoms with Gasteiger partial charge in [-0.15, -0.1) is 0 Å². The van der Waals surface area contributed by atoms with E-state index in [9.17, 15) is 4.79 Å². The molecule has 1 amide bonds. The van der Waals surface area contributed by atoms with E-state index in [2.05, 4.69) is 24.9 Å². The molecule has 174 valence electrons. The molecule has 0 saturated carbocycles. The number of rotatable bonds is 22. The lowest BCUT2D eigenvalue weighted by Gasteiger charge is -2.03. The first-order chi connectivity index (χ1) is 14.7. The summed E-state index contributed by atoms with van der Waals surface area (Å²) in [5.74, 6) is -0.122. The Morgan fingerprint density at radius 2 is 1.07 bits per heavy atom. The molecule has 0 unspecified atom stereocenters. The van der Waals surface area contributed by atoms with Crippen LogP contribution in [0.2, 0.25) is 0 Å². The Hall–Kier alpha value is -1.31. The maximum atomic E-state index is 11.3. The highest BCUT2D eigenvalue weighted by atomic mass is 16.1. The number of allylic oxidation sites excluding steroid dienone is 3. The van der Waals surface area contributed by atoms with E-state index >= 15 is 0 Å². The van der Waals surface area contributed by atoms with Gasteiger partial charge in [-0.1, -0.05) is 135 Å². The van der Waals surface area contributed by atoms with E-state index in [4.69, 9.17) is 0 Å². The van der Waals surface area contributed by atoms with E-state index in [-0.39, 0.29) is 5.91 Å². The van der Waals surface area contributed by atoms with Crippen molar-refractivity contribution in [1.29, 1.82) is 0 Å². The summed E-state index contributed by atoms with van der Waals surface area (Å²) in [5, 5.41) is 2.67. The Balaban J connectivity index is 3.18. The molecule has 30 heavy (non-hydrogen) atoms. The summed E-state index contributed by atoms with van der Waals surface area (Å²) in [7, 11) is 0. The van der Waals surface area contributed by atoms with E-state index in [0.29, 0.717) is 5.57 Å². The molecule has 0 spiro atoms. The van der Waals surface area contributed by atoms with Crippen molar-refractivity contribution in [2.24, 2.45) is 0 Å². The lowest BCUT2D eigenvalue weighted by atomic mass is 10.0. The second-order valence-corrected chi connectivity index (χ2v) is 8.84. The molecule has 0 aliphatic heterocycles. The number of carbonyl (C=O) groups is 1. The highest BCUT2D eigenvalue weighted by molar-refractivity contribution is 5.92. The summed E-state index contributed by atoms with van der Waals surface area (Å²) in [6, 6.07) is 0. The van der Waals surface area contributed by atoms with Crippen LogP contribution >= 0.6 is 0 Å². The fraction of sp³-hybridized carbons (Fsp3) is 0.750. The minimum atomic E-state index is -0.122. The highest BCUT2D eigenvalue weighted by Gasteiger charge is 1.96. The van der Waals surface area contributed by atoms with Crippen LogP contribution in [-0.4, -0.2) is 5.91 Å². The van der Waals surface area contributed by atoms with Crippen molar-refractivity contribution in [2.45, 2.75) is 136 Å². The molecular formula is C28H51NO. The van der Waals surface area contributed by atoms with E-state index in [1.165, 1.54) is 116 Å². The zero-order valence-corrected chi connectivity index (χ0v) is 20.4. The molecule has 0 heterocycles. The summed E-state index contributed by atoms with van der Waals surface area (Å²) >= 11 is 0. The van der Waals surface area contributed by atoms with Gasteiger partial charge in [0.1, 0.15) is 0 Å².